The molecule has 0 aliphatic heterocycles. The molecule has 0 spiro atoms. The van der Waals surface area contributed by atoms with Gasteiger partial charge in [-0.05, 0) is 44.5 Å². The Kier molecular flexibility index (Phi) is 5.36. The molecule has 5 nitrogen and oxygen atoms in total. The quantitative estimate of drug-likeness (QED) is 0.795. The summed E-state index contributed by atoms with van der Waals surface area (Å²) in [6, 6.07) is 4.88. The molecule has 1 rings (SSSR count). The van der Waals surface area contributed by atoms with Crippen molar-refractivity contribution in [1.29, 1.82) is 0 Å². The molecule has 0 radical (unpaired) electrons. The van der Waals surface area contributed by atoms with E-state index in [1.807, 2.05) is 13.8 Å². The lowest BCUT2D eigenvalue weighted by Gasteiger charge is -2.15. The van der Waals surface area contributed by atoms with Gasteiger partial charge in [0.2, 0.25) is 0 Å². The van der Waals surface area contributed by atoms with Crippen LogP contribution in [0.15, 0.2) is 18.2 Å². The van der Waals surface area contributed by atoms with Gasteiger partial charge in [0.25, 0.3) is 5.91 Å². The molecule has 5 heteroatoms. The van der Waals surface area contributed by atoms with Crippen LogP contribution in [0.5, 0.6) is 0 Å². The SMILES string of the molecule is CCNC(=O)c1ccc(NC(C)C(=O)OC)c(C)c1. The van der Waals surface area contributed by atoms with Crippen molar-refractivity contribution in [2.45, 2.75) is 26.8 Å². The van der Waals surface area contributed by atoms with E-state index < -0.39 is 6.04 Å². The number of carbonyl (C=O) groups is 2. The van der Waals surface area contributed by atoms with Gasteiger partial charge in [-0.1, -0.05) is 0 Å². The van der Waals surface area contributed by atoms with Crippen LogP contribution in [0.4, 0.5) is 5.69 Å². The van der Waals surface area contributed by atoms with Gasteiger partial charge in [0.15, 0.2) is 0 Å². The second kappa shape index (κ2) is 6.78. The Hall–Kier alpha value is -2.04. The summed E-state index contributed by atoms with van der Waals surface area (Å²) in [4.78, 5) is 23.0. The minimum atomic E-state index is -0.431. The Labute approximate surface area is 113 Å². The third kappa shape index (κ3) is 3.98. The minimum absolute atomic E-state index is 0.0989. The fourth-order valence-electron chi connectivity index (χ4n) is 1.70. The molecule has 19 heavy (non-hydrogen) atoms. The van der Waals surface area contributed by atoms with Crippen molar-refractivity contribution in [3.63, 3.8) is 0 Å². The van der Waals surface area contributed by atoms with Gasteiger partial charge < -0.3 is 15.4 Å². The number of carbonyl (C=O) groups excluding carboxylic acids is 2. The number of amides is 1. The van der Waals surface area contributed by atoms with Gasteiger partial charge in [-0.2, -0.15) is 0 Å². The Morgan fingerprint density at radius 3 is 2.58 bits per heavy atom. The topological polar surface area (TPSA) is 67.4 Å². The summed E-state index contributed by atoms with van der Waals surface area (Å²) in [5.41, 5.74) is 2.32. The van der Waals surface area contributed by atoms with Gasteiger partial charge in [-0.15, -0.1) is 0 Å². The van der Waals surface area contributed by atoms with E-state index in [0.29, 0.717) is 12.1 Å². The van der Waals surface area contributed by atoms with Crippen molar-refractivity contribution in [3.05, 3.63) is 29.3 Å². The van der Waals surface area contributed by atoms with Crippen LogP contribution >= 0.6 is 0 Å². The van der Waals surface area contributed by atoms with E-state index in [9.17, 15) is 9.59 Å². The number of hydrogen-bond acceptors (Lipinski definition) is 4. The van der Waals surface area contributed by atoms with Gasteiger partial charge in [0.1, 0.15) is 6.04 Å². The summed E-state index contributed by atoms with van der Waals surface area (Å²) in [6.07, 6.45) is 0. The zero-order valence-corrected chi connectivity index (χ0v) is 11.7. The van der Waals surface area contributed by atoms with E-state index in [1.165, 1.54) is 7.11 Å². The first-order valence-corrected chi connectivity index (χ1v) is 6.22. The van der Waals surface area contributed by atoms with Crippen LogP contribution in [0, 0.1) is 6.92 Å². The lowest BCUT2D eigenvalue weighted by molar-refractivity contribution is -0.141. The number of hydrogen-bond donors (Lipinski definition) is 2. The molecule has 0 bridgehead atoms. The van der Waals surface area contributed by atoms with E-state index in [1.54, 1.807) is 25.1 Å². The third-order valence-electron chi connectivity index (χ3n) is 2.75. The summed E-state index contributed by atoms with van der Waals surface area (Å²) in [7, 11) is 1.35. The molecule has 104 valence electrons. The second-order valence-electron chi connectivity index (χ2n) is 4.28. The fraction of sp³-hybridized carbons (Fsp3) is 0.429. The van der Waals surface area contributed by atoms with E-state index >= 15 is 0 Å². The van der Waals surface area contributed by atoms with Gasteiger partial charge >= 0.3 is 5.97 Å². The number of aryl methyl sites for hydroxylation is 1. The lowest BCUT2D eigenvalue weighted by Crippen LogP contribution is -2.27. The summed E-state index contributed by atoms with van der Waals surface area (Å²) < 4.78 is 4.65. The van der Waals surface area contributed by atoms with E-state index in [0.717, 1.165) is 11.3 Å². The third-order valence-corrected chi connectivity index (χ3v) is 2.75. The summed E-state index contributed by atoms with van der Waals surface area (Å²) in [5, 5.41) is 5.80. The average Bonchev–Trinajstić information content (AvgIpc) is 2.40. The number of esters is 1. The summed E-state index contributed by atoms with van der Waals surface area (Å²) in [6.45, 7) is 6.08. The van der Waals surface area contributed by atoms with Gasteiger partial charge in [0.05, 0.1) is 7.11 Å². The van der Waals surface area contributed by atoms with E-state index in [2.05, 4.69) is 15.4 Å². The van der Waals surface area contributed by atoms with Crippen LogP contribution in [0.2, 0.25) is 0 Å². The first-order valence-electron chi connectivity index (χ1n) is 6.22. The zero-order chi connectivity index (χ0) is 14.4. The maximum absolute atomic E-state index is 11.7. The highest BCUT2D eigenvalue weighted by molar-refractivity contribution is 5.95. The average molecular weight is 264 g/mol. The van der Waals surface area contributed by atoms with Crippen LogP contribution < -0.4 is 10.6 Å². The van der Waals surface area contributed by atoms with Gasteiger partial charge in [-0.3, -0.25) is 4.79 Å². The number of ether oxygens (including phenoxy) is 1. The number of rotatable bonds is 5. The van der Waals surface area contributed by atoms with Crippen LogP contribution in [-0.4, -0.2) is 31.6 Å². The van der Waals surface area contributed by atoms with Crippen LogP contribution in [0.1, 0.15) is 29.8 Å². The molecule has 0 saturated carbocycles. The number of benzene rings is 1. The van der Waals surface area contributed by atoms with Crippen molar-refractivity contribution < 1.29 is 14.3 Å². The normalized spacial score (nSPS) is 11.6. The van der Waals surface area contributed by atoms with Crippen molar-refractivity contribution in [3.8, 4) is 0 Å². The summed E-state index contributed by atoms with van der Waals surface area (Å²) in [5.74, 6) is -0.426. The molecular weight excluding hydrogens is 244 g/mol. The highest BCUT2D eigenvalue weighted by atomic mass is 16.5. The maximum Gasteiger partial charge on any atom is 0.327 e. The predicted molar refractivity (Wildman–Crippen MR) is 74.3 cm³/mol. The summed E-state index contributed by atoms with van der Waals surface area (Å²) >= 11 is 0. The number of methoxy groups -OCH3 is 1. The molecular formula is C14H20N2O3. The molecule has 1 aromatic carbocycles. The van der Waals surface area contributed by atoms with Gasteiger partial charge in [-0.25, -0.2) is 4.79 Å². The molecule has 0 aliphatic rings. The Morgan fingerprint density at radius 2 is 2.05 bits per heavy atom. The van der Waals surface area contributed by atoms with Crippen LogP contribution in [0.25, 0.3) is 0 Å². The molecule has 0 fully saturated rings. The van der Waals surface area contributed by atoms with Crippen LogP contribution in [-0.2, 0) is 9.53 Å². The smallest absolute Gasteiger partial charge is 0.327 e. The van der Waals surface area contributed by atoms with E-state index in [4.69, 9.17) is 0 Å². The van der Waals surface area contributed by atoms with Crippen molar-refractivity contribution in [1.82, 2.24) is 5.32 Å². The molecule has 1 amide bonds. The Morgan fingerprint density at radius 1 is 1.37 bits per heavy atom. The largest absolute Gasteiger partial charge is 0.467 e. The molecule has 1 unspecified atom stereocenters. The van der Waals surface area contributed by atoms with E-state index in [-0.39, 0.29) is 11.9 Å². The standard InChI is InChI=1S/C14H20N2O3/c1-5-15-13(17)11-6-7-12(9(2)8-11)16-10(3)14(18)19-4/h6-8,10,16H,5H2,1-4H3,(H,15,17). The predicted octanol–water partition coefficient (Wildman–Crippen LogP) is 1.72. The molecule has 2 N–H and O–H groups in total. The van der Waals surface area contributed by atoms with Gasteiger partial charge in [0, 0.05) is 17.8 Å². The number of anilines is 1. The molecule has 1 atom stereocenters. The highest BCUT2D eigenvalue weighted by Gasteiger charge is 2.14. The highest BCUT2D eigenvalue weighted by Crippen LogP contribution is 2.17. The second-order valence-corrected chi connectivity index (χ2v) is 4.28. The number of nitrogens with one attached hydrogen (secondary N) is 2. The maximum atomic E-state index is 11.7. The Balaban J connectivity index is 2.83. The van der Waals surface area contributed by atoms with Crippen molar-refractivity contribution in [2.24, 2.45) is 0 Å². The molecule has 0 aliphatic carbocycles. The monoisotopic (exact) mass is 264 g/mol. The minimum Gasteiger partial charge on any atom is -0.467 e. The fourth-order valence-corrected chi connectivity index (χ4v) is 1.70. The zero-order valence-electron chi connectivity index (χ0n) is 11.7. The lowest BCUT2D eigenvalue weighted by atomic mass is 10.1. The first kappa shape index (κ1) is 15.0. The Bertz CT molecular complexity index is 472. The van der Waals surface area contributed by atoms with Crippen molar-refractivity contribution >= 4 is 17.6 Å². The molecule has 0 saturated heterocycles. The van der Waals surface area contributed by atoms with Crippen molar-refractivity contribution in [2.75, 3.05) is 19.0 Å². The molecule has 0 aromatic heterocycles. The molecule has 0 heterocycles. The van der Waals surface area contributed by atoms with Crippen LogP contribution in [0.3, 0.4) is 0 Å². The molecule has 1 aromatic rings. The first-order chi connectivity index (χ1) is 8.99.